The van der Waals surface area contributed by atoms with E-state index >= 15 is 0 Å². The summed E-state index contributed by atoms with van der Waals surface area (Å²) in [5.74, 6) is -1.29. The number of ether oxygens (including phenoxy) is 1. The second-order valence-electron chi connectivity index (χ2n) is 3.43. The van der Waals surface area contributed by atoms with E-state index in [0.717, 1.165) is 6.07 Å². The smallest absolute Gasteiger partial charge is 0.402 e. The Bertz CT molecular complexity index is 605. The van der Waals surface area contributed by atoms with E-state index in [1.807, 2.05) is 0 Å². The molecule has 1 aromatic rings. The van der Waals surface area contributed by atoms with E-state index < -0.39 is 27.9 Å². The molecule has 10 heteroatoms. The topological polar surface area (TPSA) is 80.7 Å². The third kappa shape index (κ3) is 3.89. The lowest BCUT2D eigenvalue weighted by Crippen LogP contribution is -2.34. The molecule has 0 bridgehead atoms. The summed E-state index contributed by atoms with van der Waals surface area (Å²) in [4.78, 5) is 11.4. The predicted octanol–water partition coefficient (Wildman–Crippen LogP) is 0.771. The third-order valence-corrected chi connectivity index (χ3v) is 3.16. The molecule has 19 heavy (non-hydrogen) atoms. The molecule has 0 saturated heterocycles. The van der Waals surface area contributed by atoms with Crippen LogP contribution in [-0.2, 0) is 14.9 Å². The van der Waals surface area contributed by atoms with E-state index in [0.29, 0.717) is 0 Å². The van der Waals surface area contributed by atoms with Crippen molar-refractivity contribution >= 4 is 41.0 Å². The quantitative estimate of drug-likeness (QED) is 0.505. The number of benzene rings is 1. The van der Waals surface area contributed by atoms with Crippen molar-refractivity contribution in [3.8, 4) is 0 Å². The molecule has 2 radical (unpaired) electrons. The van der Waals surface area contributed by atoms with Gasteiger partial charge in [-0.1, -0.05) is 29.2 Å². The van der Waals surface area contributed by atoms with Gasteiger partial charge >= 0.3 is 21.3 Å². The lowest BCUT2D eigenvalue weighted by molar-refractivity contribution is -0.00948. The fourth-order valence-electron chi connectivity index (χ4n) is 1.00. The van der Waals surface area contributed by atoms with Crippen LogP contribution in [0.4, 0.5) is 8.78 Å². The fourth-order valence-corrected chi connectivity index (χ4v) is 1.40. The van der Waals surface area contributed by atoms with Crippen molar-refractivity contribution in [2.24, 2.45) is 0 Å². The van der Waals surface area contributed by atoms with E-state index in [-0.39, 0.29) is 16.0 Å². The molecule has 0 aliphatic rings. The Balaban J connectivity index is 2.85. The van der Waals surface area contributed by atoms with Crippen LogP contribution in [0.2, 0.25) is 5.02 Å². The Hall–Kier alpha value is -1.19. The Morgan fingerprint density at radius 1 is 1.47 bits per heavy atom. The zero-order valence-electron chi connectivity index (χ0n) is 9.14. The highest BCUT2D eigenvalue weighted by atomic mass is 35.5. The molecule has 0 aliphatic heterocycles. The number of halogens is 3. The highest BCUT2D eigenvalue weighted by Gasteiger charge is 2.45. The number of carbonyl (C=O) groups excluding carboxylic acids is 1. The molecule has 1 rings (SSSR count). The summed E-state index contributed by atoms with van der Waals surface area (Å²) in [6, 6.07) is 3.69. The molecule has 1 aromatic carbocycles. The Morgan fingerprint density at radius 2 is 2.05 bits per heavy atom. The molecule has 0 saturated carbocycles. The van der Waals surface area contributed by atoms with Crippen LogP contribution in [0.1, 0.15) is 10.4 Å². The molecule has 0 aliphatic carbocycles. The van der Waals surface area contributed by atoms with Crippen LogP contribution in [0.5, 0.6) is 0 Å². The molecule has 0 amide bonds. The maximum atomic E-state index is 12.8. The number of alkyl halides is 2. The predicted molar refractivity (Wildman–Crippen MR) is 63.6 cm³/mol. The van der Waals surface area contributed by atoms with Crippen LogP contribution >= 0.6 is 11.6 Å². The van der Waals surface area contributed by atoms with Gasteiger partial charge in [-0.3, -0.25) is 4.55 Å². The van der Waals surface area contributed by atoms with Crippen molar-refractivity contribution in [3.05, 3.63) is 28.8 Å². The summed E-state index contributed by atoms with van der Waals surface area (Å²) in [5, 5.41) is -4.70. The Morgan fingerprint density at radius 3 is 2.58 bits per heavy atom. The average Bonchev–Trinajstić information content (AvgIpc) is 2.28. The second-order valence-corrected chi connectivity index (χ2v) is 5.38. The van der Waals surface area contributed by atoms with Crippen molar-refractivity contribution < 1.29 is 31.3 Å². The van der Waals surface area contributed by atoms with Crippen molar-refractivity contribution in [2.75, 3.05) is 6.61 Å². The van der Waals surface area contributed by atoms with E-state index in [1.54, 1.807) is 0 Å². The third-order valence-electron chi connectivity index (χ3n) is 1.96. The number of esters is 1. The molecule has 102 valence electrons. The van der Waals surface area contributed by atoms with Gasteiger partial charge in [-0.25, -0.2) is 4.79 Å². The van der Waals surface area contributed by atoms with Gasteiger partial charge in [0.2, 0.25) is 0 Å². The lowest BCUT2D eigenvalue weighted by atomic mass is 9.94. The summed E-state index contributed by atoms with van der Waals surface area (Å²) < 4.78 is 58.5. The maximum absolute atomic E-state index is 12.8. The molecule has 5 nitrogen and oxygen atoms in total. The number of hydrogen-bond donors (Lipinski definition) is 1. The minimum Gasteiger partial charge on any atom is -0.454 e. The van der Waals surface area contributed by atoms with Crippen LogP contribution in [0.3, 0.4) is 0 Å². The average molecular weight is 310 g/mol. The lowest BCUT2D eigenvalue weighted by Gasteiger charge is -2.13. The Kier molecular flexibility index (Phi) is 4.54. The highest BCUT2D eigenvalue weighted by molar-refractivity contribution is 7.86. The molecule has 0 spiro atoms. The number of carbonyl (C=O) groups is 1. The van der Waals surface area contributed by atoms with Crippen molar-refractivity contribution in [1.82, 2.24) is 0 Å². The van der Waals surface area contributed by atoms with E-state index in [9.17, 15) is 22.0 Å². The molecule has 0 aromatic heterocycles. The van der Waals surface area contributed by atoms with Gasteiger partial charge in [0.05, 0.1) is 10.6 Å². The van der Waals surface area contributed by atoms with Crippen LogP contribution in [0.25, 0.3) is 0 Å². The SMILES string of the molecule is [B]c1ccc(Cl)c(C(=O)OCC(F)(F)S(=O)(=O)O)c1. The first-order valence-electron chi connectivity index (χ1n) is 4.61. The standard InChI is InChI=1S/C9H6BClF2O5S/c10-5-1-2-7(11)6(3-5)8(14)18-4-9(12,13)19(15,16)17/h1-3H,4H2,(H,15,16,17). The van der Waals surface area contributed by atoms with Crippen LogP contribution in [0.15, 0.2) is 18.2 Å². The molecule has 1 N–H and O–H groups in total. The van der Waals surface area contributed by atoms with E-state index in [2.05, 4.69) is 4.74 Å². The van der Waals surface area contributed by atoms with E-state index in [1.165, 1.54) is 12.1 Å². The molecule has 0 unspecified atom stereocenters. The van der Waals surface area contributed by atoms with Gasteiger partial charge in [0.1, 0.15) is 7.85 Å². The summed E-state index contributed by atoms with van der Waals surface area (Å²) in [7, 11) is -0.301. The summed E-state index contributed by atoms with van der Waals surface area (Å²) in [6.07, 6.45) is 0. The molecule has 0 heterocycles. The van der Waals surface area contributed by atoms with Crippen LogP contribution < -0.4 is 5.46 Å². The van der Waals surface area contributed by atoms with Crippen molar-refractivity contribution in [2.45, 2.75) is 5.25 Å². The second kappa shape index (κ2) is 5.44. The summed E-state index contributed by atoms with van der Waals surface area (Å²) in [5.41, 5.74) is -0.161. The van der Waals surface area contributed by atoms with Gasteiger partial charge in [0.15, 0.2) is 6.61 Å². The first-order chi connectivity index (χ1) is 8.54. The Labute approximate surface area is 113 Å². The van der Waals surface area contributed by atoms with Gasteiger partial charge in [-0.2, -0.15) is 17.2 Å². The fraction of sp³-hybridized carbons (Fsp3) is 0.222. The summed E-state index contributed by atoms with van der Waals surface area (Å²) in [6.45, 7) is -1.84. The summed E-state index contributed by atoms with van der Waals surface area (Å²) >= 11 is 5.62. The van der Waals surface area contributed by atoms with Crippen molar-refractivity contribution in [3.63, 3.8) is 0 Å². The van der Waals surface area contributed by atoms with Crippen LogP contribution in [0, 0.1) is 0 Å². The van der Waals surface area contributed by atoms with Crippen molar-refractivity contribution in [1.29, 1.82) is 0 Å². The zero-order valence-corrected chi connectivity index (χ0v) is 10.7. The highest BCUT2D eigenvalue weighted by Crippen LogP contribution is 2.22. The first-order valence-corrected chi connectivity index (χ1v) is 6.43. The normalized spacial score (nSPS) is 12.2. The molecular formula is C9H6BClF2O5S. The largest absolute Gasteiger partial charge is 0.454 e. The minimum atomic E-state index is -5.67. The minimum absolute atomic E-state index is 0.102. The van der Waals surface area contributed by atoms with Gasteiger partial charge in [0, 0.05) is 0 Å². The monoisotopic (exact) mass is 310 g/mol. The maximum Gasteiger partial charge on any atom is 0.402 e. The zero-order chi connectivity index (χ0) is 14.8. The van der Waals surface area contributed by atoms with Gasteiger partial charge < -0.3 is 4.74 Å². The number of rotatable bonds is 4. The molecule has 0 atom stereocenters. The van der Waals surface area contributed by atoms with Crippen LogP contribution in [-0.4, -0.2) is 38.6 Å². The van der Waals surface area contributed by atoms with Gasteiger partial charge in [-0.15, -0.1) is 0 Å². The molecular weight excluding hydrogens is 304 g/mol. The van der Waals surface area contributed by atoms with E-state index in [4.69, 9.17) is 24.0 Å². The first kappa shape index (κ1) is 15.9. The molecule has 0 fully saturated rings. The van der Waals surface area contributed by atoms with Gasteiger partial charge in [0.25, 0.3) is 0 Å². The van der Waals surface area contributed by atoms with Gasteiger partial charge in [-0.05, 0) is 6.07 Å². The number of hydrogen-bond acceptors (Lipinski definition) is 4.